The third-order valence-electron chi connectivity index (χ3n) is 9.07. The standard InChI is InChI=1S/C26H33FO7/c1-13(28)32-12-20(31)26-21(33-23(2,3)34-26)10-16-15-9-18(27)17-8-14(29)6-7-24(17,4)22(15)19(30)11-25(16,26)5/h6-8,15-16,18-19,21-22,30H,9-12H2,1-5H3/t15?,16?,18-,19-,21+,22?,24-,25-,26+/m0/s1/i2D3,3D3. The molecule has 5 aliphatic rings. The van der Waals surface area contributed by atoms with Gasteiger partial charge in [0.2, 0.25) is 5.78 Å². The van der Waals surface area contributed by atoms with Gasteiger partial charge in [0.15, 0.2) is 23.8 Å². The topological polar surface area (TPSA) is 99.1 Å². The highest BCUT2D eigenvalue weighted by Gasteiger charge is 2.77. The molecule has 0 aromatic carbocycles. The second-order valence-corrected chi connectivity index (χ2v) is 10.8. The number of carbonyl (C=O) groups excluding carboxylic acids is 3. The third-order valence-corrected chi connectivity index (χ3v) is 9.07. The number of allylic oxidation sites excluding steroid dienone is 4. The first-order valence-corrected chi connectivity index (χ1v) is 11.6. The van der Waals surface area contributed by atoms with Crippen molar-refractivity contribution in [2.45, 2.75) is 83.5 Å². The normalized spacial score (nSPS) is 51.7. The minimum Gasteiger partial charge on any atom is -0.458 e. The van der Waals surface area contributed by atoms with E-state index in [9.17, 15) is 19.5 Å². The molecule has 3 saturated carbocycles. The predicted octanol–water partition coefficient (Wildman–Crippen LogP) is 2.85. The molecular weight excluding hydrogens is 443 g/mol. The number of ether oxygens (including phenoxy) is 3. The monoisotopic (exact) mass is 482 g/mol. The van der Waals surface area contributed by atoms with Gasteiger partial charge in [-0.3, -0.25) is 14.4 Å². The van der Waals surface area contributed by atoms with Crippen molar-refractivity contribution in [1.29, 1.82) is 0 Å². The largest absolute Gasteiger partial charge is 0.458 e. The van der Waals surface area contributed by atoms with Crippen molar-refractivity contribution in [2.24, 2.45) is 28.6 Å². The summed E-state index contributed by atoms with van der Waals surface area (Å²) in [6.07, 6.45) is -0.104. The van der Waals surface area contributed by atoms with Crippen molar-refractivity contribution >= 4 is 17.5 Å². The lowest BCUT2D eigenvalue weighted by atomic mass is 9.46. The Morgan fingerprint density at radius 2 is 2.06 bits per heavy atom. The summed E-state index contributed by atoms with van der Waals surface area (Å²) in [6.45, 7) is -3.09. The van der Waals surface area contributed by atoms with E-state index in [4.69, 9.17) is 22.4 Å². The summed E-state index contributed by atoms with van der Waals surface area (Å²) in [5.41, 5.74) is -4.35. The van der Waals surface area contributed by atoms with Crippen molar-refractivity contribution < 1.29 is 46.3 Å². The van der Waals surface area contributed by atoms with E-state index >= 15 is 4.39 Å². The number of hydrogen-bond acceptors (Lipinski definition) is 7. The van der Waals surface area contributed by atoms with Crippen molar-refractivity contribution in [3.05, 3.63) is 23.8 Å². The van der Waals surface area contributed by atoms with Crippen molar-refractivity contribution in [2.75, 3.05) is 6.61 Å². The van der Waals surface area contributed by atoms with E-state index in [-0.39, 0.29) is 30.6 Å². The van der Waals surface area contributed by atoms with Gasteiger partial charge < -0.3 is 19.3 Å². The summed E-state index contributed by atoms with van der Waals surface area (Å²) in [5.74, 6) is -6.86. The van der Waals surface area contributed by atoms with E-state index in [2.05, 4.69) is 0 Å². The maximum atomic E-state index is 15.7. The number of hydrogen-bond donors (Lipinski definition) is 1. The molecule has 0 spiro atoms. The van der Waals surface area contributed by atoms with Crippen LogP contribution in [0.1, 0.15) is 62.0 Å². The van der Waals surface area contributed by atoms with Crippen LogP contribution in [-0.2, 0) is 28.6 Å². The van der Waals surface area contributed by atoms with Crippen LogP contribution >= 0.6 is 0 Å². The Labute approximate surface area is 207 Å². The number of aliphatic hydroxyl groups is 1. The number of Topliss-reactive ketones (excluding diaryl/α,β-unsaturated/α-hetero) is 1. The number of fused-ring (bicyclic) bond motifs is 7. The van der Waals surface area contributed by atoms with Crippen LogP contribution < -0.4 is 0 Å². The molecule has 0 radical (unpaired) electrons. The summed E-state index contributed by atoms with van der Waals surface area (Å²) in [7, 11) is 0. The second-order valence-electron chi connectivity index (χ2n) is 10.8. The molecule has 4 fully saturated rings. The number of alkyl halides is 1. The van der Waals surface area contributed by atoms with Crippen LogP contribution in [0, 0.1) is 28.6 Å². The predicted molar refractivity (Wildman–Crippen MR) is 118 cm³/mol. The number of ketones is 2. The number of aliphatic hydroxyl groups excluding tert-OH is 1. The quantitative estimate of drug-likeness (QED) is 0.618. The molecule has 4 aliphatic carbocycles. The summed E-state index contributed by atoms with van der Waals surface area (Å²) >= 11 is 0. The molecule has 186 valence electrons. The maximum Gasteiger partial charge on any atom is 0.303 e. The Bertz CT molecular complexity index is 1200. The molecule has 34 heavy (non-hydrogen) atoms. The molecular formula is C26H33FO7. The van der Waals surface area contributed by atoms with Gasteiger partial charge in [0, 0.05) is 31.9 Å². The Kier molecular flexibility index (Phi) is 3.76. The van der Waals surface area contributed by atoms with Crippen LogP contribution in [-0.4, -0.2) is 59.0 Å². The third kappa shape index (κ3) is 3.00. The molecule has 0 amide bonds. The Balaban J connectivity index is 1.64. The van der Waals surface area contributed by atoms with E-state index in [1.807, 2.05) is 0 Å². The van der Waals surface area contributed by atoms with Crippen LogP contribution in [0.15, 0.2) is 23.8 Å². The summed E-state index contributed by atoms with van der Waals surface area (Å²) < 4.78 is 80.8. The summed E-state index contributed by atoms with van der Waals surface area (Å²) in [6, 6.07) is 0. The number of rotatable bonds is 3. The molecule has 8 heteroatoms. The molecule has 1 N–H and O–H groups in total. The summed E-state index contributed by atoms with van der Waals surface area (Å²) in [5, 5.41) is 11.7. The van der Waals surface area contributed by atoms with Gasteiger partial charge in [-0.25, -0.2) is 4.39 Å². The maximum absolute atomic E-state index is 15.7. The van der Waals surface area contributed by atoms with Gasteiger partial charge in [0.05, 0.1) is 12.2 Å². The second kappa shape index (κ2) is 7.31. The average Bonchev–Trinajstić information content (AvgIpc) is 3.29. The van der Waals surface area contributed by atoms with Crippen LogP contribution in [0.2, 0.25) is 0 Å². The van der Waals surface area contributed by atoms with E-state index in [0.717, 1.165) is 6.92 Å². The first-order valence-electron chi connectivity index (χ1n) is 14.6. The molecule has 0 aromatic heterocycles. The molecule has 1 aliphatic heterocycles. The molecule has 3 unspecified atom stereocenters. The molecule has 0 bridgehead atoms. The van der Waals surface area contributed by atoms with Crippen LogP contribution in [0.4, 0.5) is 4.39 Å². The van der Waals surface area contributed by atoms with Crippen molar-refractivity contribution in [1.82, 2.24) is 0 Å². The zero-order chi connectivity index (χ0) is 29.8. The van der Waals surface area contributed by atoms with Gasteiger partial charge in [-0.2, -0.15) is 0 Å². The molecule has 7 nitrogen and oxygen atoms in total. The number of esters is 1. The SMILES string of the molecule is [2H]C([2H])([2H])C1(C([2H])([2H])[2H])O[C@@H]2CC3C4C[C@H](F)C5=CC(=O)C=C[C@]5(C)C4[C@@H](O)C[C@]3(C)[C@]2(C(=O)COC(C)=O)O1. The zero-order valence-corrected chi connectivity index (χ0v) is 19.3. The fourth-order valence-electron chi connectivity index (χ4n) is 7.90. The highest BCUT2D eigenvalue weighted by atomic mass is 19.1. The molecule has 1 saturated heterocycles. The lowest BCUT2D eigenvalue weighted by Crippen LogP contribution is -2.64. The summed E-state index contributed by atoms with van der Waals surface area (Å²) in [4.78, 5) is 37.6. The Morgan fingerprint density at radius 1 is 1.32 bits per heavy atom. The van der Waals surface area contributed by atoms with E-state index < -0.39 is 90.4 Å². The average molecular weight is 483 g/mol. The van der Waals surface area contributed by atoms with Crippen LogP contribution in [0.5, 0.6) is 0 Å². The molecule has 5 rings (SSSR count). The van der Waals surface area contributed by atoms with Gasteiger partial charge in [0.25, 0.3) is 0 Å². The van der Waals surface area contributed by atoms with Crippen molar-refractivity contribution in [3.8, 4) is 0 Å². The first-order chi connectivity index (χ1) is 18.2. The Morgan fingerprint density at radius 3 is 2.74 bits per heavy atom. The fraction of sp³-hybridized carbons (Fsp3) is 0.731. The van der Waals surface area contributed by atoms with Crippen LogP contribution in [0.3, 0.4) is 0 Å². The smallest absolute Gasteiger partial charge is 0.303 e. The molecule has 9 atom stereocenters. The fourth-order valence-corrected chi connectivity index (χ4v) is 7.90. The number of carbonyl (C=O) groups is 3. The van der Waals surface area contributed by atoms with E-state index in [1.165, 1.54) is 12.2 Å². The lowest BCUT2D eigenvalue weighted by Gasteiger charge is -2.60. The minimum absolute atomic E-state index is 0.0470. The Hall–Kier alpha value is -1.90. The highest BCUT2D eigenvalue weighted by Crippen LogP contribution is 2.70. The molecule has 1 heterocycles. The van der Waals surface area contributed by atoms with Gasteiger partial charge in [-0.15, -0.1) is 0 Å². The van der Waals surface area contributed by atoms with E-state index in [0.29, 0.717) is 0 Å². The first kappa shape index (κ1) is 17.5. The van der Waals surface area contributed by atoms with Gasteiger partial charge in [0.1, 0.15) is 6.17 Å². The van der Waals surface area contributed by atoms with Gasteiger partial charge in [-0.1, -0.05) is 19.9 Å². The molecule has 0 aromatic rings. The zero-order valence-electron chi connectivity index (χ0n) is 25.3. The number of halogens is 1. The van der Waals surface area contributed by atoms with Crippen LogP contribution in [0.25, 0.3) is 0 Å². The van der Waals surface area contributed by atoms with E-state index in [1.54, 1.807) is 19.9 Å². The minimum atomic E-state index is -3.35. The van der Waals surface area contributed by atoms with Gasteiger partial charge in [-0.05, 0) is 62.5 Å². The van der Waals surface area contributed by atoms with Crippen molar-refractivity contribution in [3.63, 3.8) is 0 Å². The van der Waals surface area contributed by atoms with Gasteiger partial charge >= 0.3 is 5.97 Å². The highest BCUT2D eigenvalue weighted by molar-refractivity contribution is 6.01. The lowest BCUT2D eigenvalue weighted by molar-refractivity contribution is -0.227.